The summed E-state index contributed by atoms with van der Waals surface area (Å²) in [6.07, 6.45) is 3.85. The van der Waals surface area contributed by atoms with Crippen LogP contribution in [-0.2, 0) is 11.8 Å². The highest BCUT2D eigenvalue weighted by molar-refractivity contribution is 5.80. The Morgan fingerprint density at radius 2 is 2.35 bits per heavy atom. The molecule has 0 bridgehead atoms. The second kappa shape index (κ2) is 7.79. The van der Waals surface area contributed by atoms with Crippen molar-refractivity contribution in [3.8, 4) is 0 Å². The van der Waals surface area contributed by atoms with Gasteiger partial charge in [0, 0.05) is 43.9 Å². The lowest BCUT2D eigenvalue weighted by Gasteiger charge is -2.35. The number of rotatable bonds is 5. The highest BCUT2D eigenvalue weighted by Crippen LogP contribution is 2.22. The van der Waals surface area contributed by atoms with E-state index >= 15 is 0 Å². The van der Waals surface area contributed by atoms with Crippen LogP contribution in [-0.4, -0.2) is 65.1 Å². The molecule has 0 radical (unpaired) electrons. The Balaban J connectivity index is 2.07. The van der Waals surface area contributed by atoms with Crippen molar-refractivity contribution >= 4 is 5.96 Å². The molecule has 1 aromatic heterocycles. The number of hydrogen-bond donors (Lipinski definition) is 2. The molecule has 0 saturated carbocycles. The van der Waals surface area contributed by atoms with E-state index in [4.69, 9.17) is 9.73 Å². The van der Waals surface area contributed by atoms with Crippen molar-refractivity contribution in [3.63, 3.8) is 0 Å². The third kappa shape index (κ3) is 4.94. The highest BCUT2D eigenvalue weighted by Gasteiger charge is 2.25. The third-order valence-corrected chi connectivity index (χ3v) is 3.88. The molecule has 1 aromatic rings. The molecule has 0 amide bonds. The normalized spacial score (nSPS) is 20.0. The SMILES string of the molecule is CCNC(=NCC(C)(C)CO)N1CCOC(c2cnn(C)c2)C1. The quantitative estimate of drug-likeness (QED) is 0.619. The highest BCUT2D eigenvalue weighted by atomic mass is 16.5. The summed E-state index contributed by atoms with van der Waals surface area (Å²) in [6, 6.07) is 0. The van der Waals surface area contributed by atoms with Crippen molar-refractivity contribution in [2.45, 2.75) is 26.9 Å². The summed E-state index contributed by atoms with van der Waals surface area (Å²) in [5, 5.41) is 17.0. The molecule has 0 spiro atoms. The molecule has 1 aliphatic rings. The monoisotopic (exact) mass is 323 g/mol. The molecule has 1 saturated heterocycles. The van der Waals surface area contributed by atoms with Crippen molar-refractivity contribution in [1.29, 1.82) is 0 Å². The van der Waals surface area contributed by atoms with Gasteiger partial charge in [-0.1, -0.05) is 13.8 Å². The lowest BCUT2D eigenvalue weighted by atomic mass is 9.95. The Labute approximate surface area is 138 Å². The molecule has 23 heavy (non-hydrogen) atoms. The Hall–Kier alpha value is -1.60. The molecule has 0 aromatic carbocycles. The lowest BCUT2D eigenvalue weighted by molar-refractivity contribution is -0.00812. The maximum Gasteiger partial charge on any atom is 0.194 e. The molecule has 1 unspecified atom stereocenters. The van der Waals surface area contributed by atoms with Gasteiger partial charge in [-0.3, -0.25) is 9.67 Å². The standard InChI is InChI=1S/C16H29N5O2/c1-5-17-15(18-11-16(2,3)12-22)21-6-7-23-14(10-21)13-8-19-20(4)9-13/h8-9,14,22H,5-7,10-12H2,1-4H3,(H,17,18). The van der Waals surface area contributed by atoms with Crippen LogP contribution in [0.25, 0.3) is 0 Å². The van der Waals surface area contributed by atoms with E-state index in [9.17, 15) is 5.11 Å². The van der Waals surface area contributed by atoms with Crippen LogP contribution in [0.15, 0.2) is 17.4 Å². The minimum absolute atomic E-state index is 0.00663. The van der Waals surface area contributed by atoms with Crippen molar-refractivity contribution in [2.75, 3.05) is 39.4 Å². The van der Waals surface area contributed by atoms with E-state index in [0.717, 1.165) is 31.2 Å². The molecule has 7 heteroatoms. The van der Waals surface area contributed by atoms with E-state index in [-0.39, 0.29) is 18.1 Å². The largest absolute Gasteiger partial charge is 0.396 e. The molecule has 2 N–H and O–H groups in total. The van der Waals surface area contributed by atoms with Gasteiger partial charge in [0.15, 0.2) is 5.96 Å². The fourth-order valence-electron chi connectivity index (χ4n) is 2.41. The van der Waals surface area contributed by atoms with E-state index in [1.807, 2.05) is 33.3 Å². The molecule has 2 heterocycles. The fourth-order valence-corrected chi connectivity index (χ4v) is 2.41. The predicted octanol–water partition coefficient (Wildman–Crippen LogP) is 0.777. The number of aliphatic imine (C=N–C) groups is 1. The summed E-state index contributed by atoms with van der Waals surface area (Å²) in [4.78, 5) is 6.93. The van der Waals surface area contributed by atoms with Crippen LogP contribution in [0.1, 0.15) is 32.4 Å². The van der Waals surface area contributed by atoms with Gasteiger partial charge in [0.05, 0.1) is 25.9 Å². The van der Waals surface area contributed by atoms with E-state index in [2.05, 4.69) is 22.2 Å². The van der Waals surface area contributed by atoms with Gasteiger partial charge >= 0.3 is 0 Å². The van der Waals surface area contributed by atoms with E-state index in [0.29, 0.717) is 13.2 Å². The van der Waals surface area contributed by atoms with Gasteiger partial charge in [0.25, 0.3) is 0 Å². The Kier molecular flexibility index (Phi) is 6.01. The molecule has 2 rings (SSSR count). The first kappa shape index (κ1) is 17.7. The minimum Gasteiger partial charge on any atom is -0.396 e. The summed E-state index contributed by atoms with van der Waals surface area (Å²) in [6.45, 7) is 9.82. The third-order valence-electron chi connectivity index (χ3n) is 3.88. The summed E-state index contributed by atoms with van der Waals surface area (Å²) in [5.74, 6) is 0.881. The second-order valence-electron chi connectivity index (χ2n) is 6.75. The number of aliphatic hydroxyl groups is 1. The molecule has 1 atom stereocenters. The number of hydrogen-bond acceptors (Lipinski definition) is 4. The van der Waals surface area contributed by atoms with Crippen LogP contribution in [0.5, 0.6) is 0 Å². The number of aryl methyl sites for hydroxylation is 1. The smallest absolute Gasteiger partial charge is 0.194 e. The average molecular weight is 323 g/mol. The van der Waals surface area contributed by atoms with Gasteiger partial charge in [-0.25, -0.2) is 0 Å². The summed E-state index contributed by atoms with van der Waals surface area (Å²) in [7, 11) is 1.91. The molecule has 130 valence electrons. The maximum absolute atomic E-state index is 9.41. The van der Waals surface area contributed by atoms with E-state index in [1.54, 1.807) is 4.68 Å². The van der Waals surface area contributed by atoms with Crippen molar-refractivity contribution in [1.82, 2.24) is 20.0 Å². The van der Waals surface area contributed by atoms with E-state index < -0.39 is 0 Å². The predicted molar refractivity (Wildman–Crippen MR) is 90.3 cm³/mol. The topological polar surface area (TPSA) is 74.9 Å². The van der Waals surface area contributed by atoms with Crippen LogP contribution < -0.4 is 5.32 Å². The first-order chi connectivity index (χ1) is 10.9. The zero-order valence-electron chi connectivity index (χ0n) is 14.6. The van der Waals surface area contributed by atoms with Crippen molar-refractivity contribution in [2.24, 2.45) is 17.5 Å². The number of aliphatic hydroxyl groups excluding tert-OH is 1. The molecule has 7 nitrogen and oxygen atoms in total. The minimum atomic E-state index is -0.213. The second-order valence-corrected chi connectivity index (χ2v) is 6.75. The van der Waals surface area contributed by atoms with Crippen molar-refractivity contribution < 1.29 is 9.84 Å². The molecular weight excluding hydrogens is 294 g/mol. The first-order valence-corrected chi connectivity index (χ1v) is 8.19. The van der Waals surface area contributed by atoms with Gasteiger partial charge in [-0.05, 0) is 6.92 Å². The Morgan fingerprint density at radius 3 is 2.96 bits per heavy atom. The lowest BCUT2D eigenvalue weighted by Crippen LogP contribution is -2.48. The average Bonchev–Trinajstić information content (AvgIpc) is 2.98. The van der Waals surface area contributed by atoms with Crippen LogP contribution >= 0.6 is 0 Å². The molecular formula is C16H29N5O2. The maximum atomic E-state index is 9.41. The zero-order valence-corrected chi connectivity index (χ0v) is 14.6. The number of nitrogens with zero attached hydrogens (tertiary/aromatic N) is 4. The van der Waals surface area contributed by atoms with Gasteiger partial charge in [-0.2, -0.15) is 5.10 Å². The number of aromatic nitrogens is 2. The zero-order chi connectivity index (χ0) is 16.9. The molecule has 0 aliphatic carbocycles. The van der Waals surface area contributed by atoms with Gasteiger partial charge in [0.1, 0.15) is 6.10 Å². The van der Waals surface area contributed by atoms with Gasteiger partial charge in [-0.15, -0.1) is 0 Å². The number of nitrogens with one attached hydrogen (secondary N) is 1. The van der Waals surface area contributed by atoms with Crippen LogP contribution in [0.2, 0.25) is 0 Å². The van der Waals surface area contributed by atoms with Crippen LogP contribution in [0, 0.1) is 5.41 Å². The van der Waals surface area contributed by atoms with Gasteiger partial charge < -0.3 is 20.1 Å². The Morgan fingerprint density at radius 1 is 1.57 bits per heavy atom. The first-order valence-electron chi connectivity index (χ1n) is 8.19. The van der Waals surface area contributed by atoms with E-state index in [1.165, 1.54) is 0 Å². The summed E-state index contributed by atoms with van der Waals surface area (Å²) >= 11 is 0. The summed E-state index contributed by atoms with van der Waals surface area (Å²) in [5.41, 5.74) is 0.874. The van der Waals surface area contributed by atoms with Gasteiger partial charge in [0.2, 0.25) is 0 Å². The number of morpholine rings is 1. The number of guanidine groups is 1. The number of ether oxygens (including phenoxy) is 1. The van der Waals surface area contributed by atoms with Crippen molar-refractivity contribution in [3.05, 3.63) is 18.0 Å². The Bertz CT molecular complexity index is 526. The fraction of sp³-hybridized carbons (Fsp3) is 0.750. The molecule has 1 aliphatic heterocycles. The van der Waals surface area contributed by atoms with Crippen LogP contribution in [0.4, 0.5) is 0 Å². The molecule has 1 fully saturated rings. The van der Waals surface area contributed by atoms with Crippen LogP contribution in [0.3, 0.4) is 0 Å². The summed E-state index contributed by atoms with van der Waals surface area (Å²) < 4.78 is 7.68.